The Kier molecular flexibility index (Phi) is 1.44. The van der Waals surface area contributed by atoms with Gasteiger partial charge in [-0.05, 0) is 19.8 Å². The van der Waals surface area contributed by atoms with Crippen molar-refractivity contribution in [3.63, 3.8) is 0 Å². The highest BCUT2D eigenvalue weighted by molar-refractivity contribution is 5.82. The van der Waals surface area contributed by atoms with Crippen molar-refractivity contribution in [1.82, 2.24) is 0 Å². The highest BCUT2D eigenvalue weighted by Gasteiger charge is 2.72. The number of rotatable bonds is 1. The first kappa shape index (κ1) is 9.00. The number of esters is 1. The molecule has 2 aliphatic rings. The Bertz CT molecular complexity index is 271. The summed E-state index contributed by atoms with van der Waals surface area (Å²) in [7, 11) is 0. The third kappa shape index (κ3) is 0.688. The minimum absolute atomic E-state index is 0.0542. The molecule has 0 aromatic heterocycles. The second-order valence-corrected chi connectivity index (χ2v) is 5.00. The monoisotopic (exact) mass is 184 g/mol. The first-order valence-corrected chi connectivity index (χ1v) is 4.74. The molecule has 2 atom stereocenters. The highest BCUT2D eigenvalue weighted by atomic mass is 16.6. The molecule has 0 amide bonds. The Balaban J connectivity index is 2.53. The molecule has 1 N–H and O–H groups in total. The lowest BCUT2D eigenvalue weighted by Crippen LogP contribution is -2.43. The zero-order chi connectivity index (χ0) is 9.91. The van der Waals surface area contributed by atoms with Gasteiger partial charge in [0.2, 0.25) is 0 Å². The largest absolute Gasteiger partial charge is 0.456 e. The molecule has 0 spiro atoms. The predicted octanol–water partition coefficient (Wildman–Crippen LogP) is 1.10. The van der Waals surface area contributed by atoms with Crippen LogP contribution < -0.4 is 0 Å². The van der Waals surface area contributed by atoms with E-state index in [9.17, 15) is 9.90 Å². The molecule has 2 rings (SSSR count). The molecular formula is C10H16O3. The van der Waals surface area contributed by atoms with E-state index in [0.29, 0.717) is 0 Å². The third-order valence-corrected chi connectivity index (χ3v) is 4.54. The van der Waals surface area contributed by atoms with Crippen molar-refractivity contribution < 1.29 is 14.6 Å². The summed E-state index contributed by atoms with van der Waals surface area (Å²) in [5, 5.41) is 9.33. The first-order valence-electron chi connectivity index (χ1n) is 4.74. The number of hydrogen-bond donors (Lipinski definition) is 1. The van der Waals surface area contributed by atoms with Crippen LogP contribution in [-0.2, 0) is 9.53 Å². The van der Waals surface area contributed by atoms with Crippen molar-refractivity contribution in [2.24, 2.45) is 10.8 Å². The van der Waals surface area contributed by atoms with Crippen molar-refractivity contribution in [1.29, 1.82) is 0 Å². The van der Waals surface area contributed by atoms with Gasteiger partial charge in [0.1, 0.15) is 5.60 Å². The second-order valence-electron chi connectivity index (χ2n) is 5.00. The molecule has 3 heteroatoms. The summed E-state index contributed by atoms with van der Waals surface area (Å²) in [5.41, 5.74) is -1.25. The van der Waals surface area contributed by atoms with Crippen LogP contribution in [0.2, 0.25) is 0 Å². The van der Waals surface area contributed by atoms with Gasteiger partial charge in [0.05, 0.1) is 12.0 Å². The van der Waals surface area contributed by atoms with Crippen LogP contribution in [0.5, 0.6) is 0 Å². The van der Waals surface area contributed by atoms with Crippen LogP contribution in [0.3, 0.4) is 0 Å². The number of carbonyl (C=O) groups is 1. The average molecular weight is 184 g/mol. The van der Waals surface area contributed by atoms with Crippen LogP contribution in [-0.4, -0.2) is 23.3 Å². The number of aliphatic hydroxyl groups is 1. The van der Waals surface area contributed by atoms with Crippen molar-refractivity contribution in [3.8, 4) is 0 Å². The topological polar surface area (TPSA) is 46.5 Å². The molecule has 1 saturated carbocycles. The van der Waals surface area contributed by atoms with E-state index in [1.54, 1.807) is 0 Å². The van der Waals surface area contributed by atoms with Gasteiger partial charge in [-0.25, -0.2) is 0 Å². The average Bonchev–Trinajstić information content (AvgIpc) is 2.34. The van der Waals surface area contributed by atoms with E-state index < -0.39 is 11.0 Å². The van der Waals surface area contributed by atoms with Gasteiger partial charge in [0.25, 0.3) is 0 Å². The summed E-state index contributed by atoms with van der Waals surface area (Å²) in [5.74, 6) is -0.141. The number of ether oxygens (including phenoxy) is 1. The summed E-state index contributed by atoms with van der Waals surface area (Å²) in [6.45, 7) is 5.92. The minimum atomic E-state index is -0.612. The fourth-order valence-electron chi connectivity index (χ4n) is 2.71. The molecule has 3 nitrogen and oxygen atoms in total. The van der Waals surface area contributed by atoms with E-state index in [4.69, 9.17) is 4.74 Å². The minimum Gasteiger partial charge on any atom is -0.456 e. The van der Waals surface area contributed by atoms with Gasteiger partial charge in [-0.2, -0.15) is 0 Å². The zero-order valence-corrected chi connectivity index (χ0v) is 8.39. The van der Waals surface area contributed by atoms with Crippen LogP contribution in [0, 0.1) is 10.8 Å². The van der Waals surface area contributed by atoms with Crippen LogP contribution in [0.1, 0.15) is 33.6 Å². The van der Waals surface area contributed by atoms with Crippen molar-refractivity contribution in [3.05, 3.63) is 0 Å². The second kappa shape index (κ2) is 2.08. The molecule has 1 aliphatic carbocycles. The molecule has 2 bridgehead atoms. The molecule has 0 unspecified atom stereocenters. The number of carbonyl (C=O) groups excluding carboxylic acids is 1. The Morgan fingerprint density at radius 3 is 2.23 bits per heavy atom. The van der Waals surface area contributed by atoms with Crippen molar-refractivity contribution in [2.75, 3.05) is 6.61 Å². The predicted molar refractivity (Wildman–Crippen MR) is 47.0 cm³/mol. The van der Waals surface area contributed by atoms with Crippen LogP contribution in [0.4, 0.5) is 0 Å². The summed E-state index contributed by atoms with van der Waals surface area (Å²) in [6, 6.07) is 0. The summed E-state index contributed by atoms with van der Waals surface area (Å²) in [4.78, 5) is 11.6. The summed E-state index contributed by atoms with van der Waals surface area (Å²) < 4.78 is 5.33. The molecule has 13 heavy (non-hydrogen) atoms. The SMILES string of the molecule is CC1(C)[C@@]2(CO)CC[C@]1(C)C(=O)O2. The van der Waals surface area contributed by atoms with Gasteiger partial charge in [-0.1, -0.05) is 13.8 Å². The lowest BCUT2D eigenvalue weighted by atomic mass is 9.66. The molecule has 74 valence electrons. The Labute approximate surface area is 78.1 Å². The molecule has 0 radical (unpaired) electrons. The molecule has 1 aliphatic heterocycles. The number of aliphatic hydroxyl groups excluding tert-OH is 1. The fraction of sp³-hybridized carbons (Fsp3) is 0.900. The van der Waals surface area contributed by atoms with Gasteiger partial charge < -0.3 is 9.84 Å². The van der Waals surface area contributed by atoms with Gasteiger partial charge in [-0.3, -0.25) is 4.79 Å². The summed E-state index contributed by atoms with van der Waals surface area (Å²) in [6.07, 6.45) is 1.62. The Hall–Kier alpha value is -0.570. The quantitative estimate of drug-likeness (QED) is 0.621. The van der Waals surface area contributed by atoms with Crippen molar-refractivity contribution in [2.45, 2.75) is 39.2 Å². The van der Waals surface area contributed by atoms with E-state index in [0.717, 1.165) is 12.8 Å². The van der Waals surface area contributed by atoms with Crippen LogP contribution >= 0.6 is 0 Å². The zero-order valence-electron chi connectivity index (χ0n) is 8.39. The van der Waals surface area contributed by atoms with Gasteiger partial charge in [0.15, 0.2) is 0 Å². The maximum atomic E-state index is 11.6. The lowest BCUT2D eigenvalue weighted by Gasteiger charge is -2.35. The van der Waals surface area contributed by atoms with Crippen molar-refractivity contribution >= 4 is 5.97 Å². The Morgan fingerprint density at radius 1 is 1.38 bits per heavy atom. The lowest BCUT2D eigenvalue weighted by molar-refractivity contribution is -0.163. The fourth-order valence-corrected chi connectivity index (χ4v) is 2.71. The Morgan fingerprint density at radius 2 is 2.00 bits per heavy atom. The molecule has 0 aromatic carbocycles. The molecule has 2 fully saturated rings. The van der Waals surface area contributed by atoms with Gasteiger partial charge in [-0.15, -0.1) is 0 Å². The molecule has 0 aromatic rings. The standard InChI is InChI=1S/C10H16O3/c1-8(2)9(3)4-5-10(8,6-11)13-7(9)12/h11H,4-6H2,1-3H3/t9-,10+/m1/s1. The smallest absolute Gasteiger partial charge is 0.313 e. The maximum Gasteiger partial charge on any atom is 0.313 e. The van der Waals surface area contributed by atoms with Gasteiger partial charge >= 0.3 is 5.97 Å². The van der Waals surface area contributed by atoms with E-state index in [1.165, 1.54) is 0 Å². The number of hydrogen-bond acceptors (Lipinski definition) is 3. The third-order valence-electron chi connectivity index (χ3n) is 4.54. The molecular weight excluding hydrogens is 168 g/mol. The van der Waals surface area contributed by atoms with Gasteiger partial charge in [0, 0.05) is 5.41 Å². The van der Waals surface area contributed by atoms with E-state index in [1.807, 2.05) is 20.8 Å². The molecule has 1 heterocycles. The van der Waals surface area contributed by atoms with Crippen LogP contribution in [0.25, 0.3) is 0 Å². The highest BCUT2D eigenvalue weighted by Crippen LogP contribution is 2.65. The first-order chi connectivity index (χ1) is 5.90. The van der Waals surface area contributed by atoms with E-state index in [-0.39, 0.29) is 18.0 Å². The maximum absolute atomic E-state index is 11.6. The van der Waals surface area contributed by atoms with Crippen LogP contribution in [0.15, 0.2) is 0 Å². The van der Waals surface area contributed by atoms with E-state index in [2.05, 4.69) is 0 Å². The molecule has 1 saturated heterocycles. The summed E-state index contributed by atoms with van der Waals surface area (Å²) >= 11 is 0. The van der Waals surface area contributed by atoms with E-state index >= 15 is 0 Å². The number of fused-ring (bicyclic) bond motifs is 2. The normalized spacial score (nSPS) is 46.6.